The highest BCUT2D eigenvalue weighted by molar-refractivity contribution is 8.05. The fourth-order valence-electron chi connectivity index (χ4n) is 2.68. The summed E-state index contributed by atoms with van der Waals surface area (Å²) in [4.78, 5) is 26.4. The standard InChI is InChI=1S/C20H25NO4S2/c1-13(22)25-16-7-6-14(10-15(16)20(2,3)4)11-17-19(26)21(8-9-27-17)12-18(23)24-5/h6-7,10-11H,8-9,12H2,1-5H3/b17-11-. The van der Waals surface area contributed by atoms with Crippen LogP contribution >= 0.6 is 24.0 Å². The topological polar surface area (TPSA) is 55.8 Å². The number of nitrogens with zero attached hydrogens (tertiary/aromatic N) is 1. The molecule has 1 fully saturated rings. The van der Waals surface area contributed by atoms with E-state index >= 15 is 0 Å². The van der Waals surface area contributed by atoms with Crippen LogP contribution in [0.15, 0.2) is 23.1 Å². The molecule has 1 aromatic carbocycles. The summed E-state index contributed by atoms with van der Waals surface area (Å²) in [7, 11) is 1.37. The number of ether oxygens (including phenoxy) is 2. The Hall–Kier alpha value is -1.86. The fourth-order valence-corrected chi connectivity index (χ4v) is 4.07. The summed E-state index contributed by atoms with van der Waals surface area (Å²) in [6.45, 7) is 8.49. The lowest BCUT2D eigenvalue weighted by atomic mass is 9.85. The van der Waals surface area contributed by atoms with Gasteiger partial charge in [-0.25, -0.2) is 0 Å². The van der Waals surface area contributed by atoms with Gasteiger partial charge in [-0.15, -0.1) is 11.8 Å². The Morgan fingerprint density at radius 2 is 2.04 bits per heavy atom. The van der Waals surface area contributed by atoms with Crippen LogP contribution in [0, 0.1) is 0 Å². The van der Waals surface area contributed by atoms with Crippen molar-refractivity contribution in [1.82, 2.24) is 4.90 Å². The lowest BCUT2D eigenvalue weighted by molar-refractivity contribution is -0.141. The van der Waals surface area contributed by atoms with Crippen molar-refractivity contribution in [3.8, 4) is 5.75 Å². The van der Waals surface area contributed by atoms with Crippen LogP contribution in [0.4, 0.5) is 0 Å². The lowest BCUT2D eigenvalue weighted by Gasteiger charge is -2.30. The molecule has 146 valence electrons. The summed E-state index contributed by atoms with van der Waals surface area (Å²) >= 11 is 7.24. The van der Waals surface area contributed by atoms with E-state index in [1.807, 2.05) is 29.2 Å². The van der Waals surface area contributed by atoms with Crippen LogP contribution < -0.4 is 4.74 Å². The van der Waals surface area contributed by atoms with Crippen LogP contribution in [-0.4, -0.2) is 47.8 Å². The molecule has 27 heavy (non-hydrogen) atoms. The largest absolute Gasteiger partial charge is 0.468 e. The van der Waals surface area contributed by atoms with E-state index in [2.05, 4.69) is 20.8 Å². The number of hydrogen-bond acceptors (Lipinski definition) is 6. The van der Waals surface area contributed by atoms with Crippen LogP contribution in [0.25, 0.3) is 6.08 Å². The highest BCUT2D eigenvalue weighted by atomic mass is 32.2. The summed E-state index contributed by atoms with van der Waals surface area (Å²) in [5.41, 5.74) is 1.74. The van der Waals surface area contributed by atoms with Crippen LogP contribution in [0.5, 0.6) is 5.75 Å². The summed E-state index contributed by atoms with van der Waals surface area (Å²) in [5.74, 6) is 0.780. The maximum Gasteiger partial charge on any atom is 0.325 e. The van der Waals surface area contributed by atoms with Gasteiger partial charge in [0, 0.05) is 29.7 Å². The molecule has 0 aliphatic carbocycles. The van der Waals surface area contributed by atoms with Crippen LogP contribution in [0.2, 0.25) is 0 Å². The second-order valence-corrected chi connectivity index (χ2v) is 8.78. The van der Waals surface area contributed by atoms with E-state index in [9.17, 15) is 9.59 Å². The van der Waals surface area contributed by atoms with E-state index in [1.54, 1.807) is 11.8 Å². The van der Waals surface area contributed by atoms with Gasteiger partial charge in [-0.2, -0.15) is 0 Å². The molecule has 2 rings (SSSR count). The smallest absolute Gasteiger partial charge is 0.325 e. The quantitative estimate of drug-likeness (QED) is 0.326. The summed E-state index contributed by atoms with van der Waals surface area (Å²) in [5, 5.41) is 0. The number of benzene rings is 1. The van der Waals surface area contributed by atoms with Crippen molar-refractivity contribution in [3.05, 3.63) is 34.2 Å². The van der Waals surface area contributed by atoms with Crippen molar-refractivity contribution in [3.63, 3.8) is 0 Å². The Kier molecular flexibility index (Phi) is 7.06. The van der Waals surface area contributed by atoms with E-state index in [0.29, 0.717) is 17.3 Å². The molecule has 0 radical (unpaired) electrons. The van der Waals surface area contributed by atoms with Gasteiger partial charge in [0.05, 0.1) is 7.11 Å². The zero-order valence-corrected chi connectivity index (χ0v) is 18.0. The van der Waals surface area contributed by atoms with Crippen LogP contribution in [0.1, 0.15) is 38.8 Å². The van der Waals surface area contributed by atoms with Crippen molar-refractivity contribution in [2.45, 2.75) is 33.1 Å². The predicted octanol–water partition coefficient (Wildman–Crippen LogP) is 3.80. The molecule has 0 saturated carbocycles. The molecule has 0 atom stereocenters. The first-order chi connectivity index (χ1) is 12.6. The molecule has 1 aliphatic heterocycles. The molecule has 0 spiro atoms. The molecular formula is C20H25NO4S2. The third kappa shape index (κ3) is 5.81. The minimum Gasteiger partial charge on any atom is -0.468 e. The first kappa shape index (κ1) is 21.4. The van der Waals surface area contributed by atoms with Gasteiger partial charge >= 0.3 is 11.9 Å². The number of esters is 2. The third-order valence-electron chi connectivity index (χ3n) is 4.03. The fraction of sp³-hybridized carbons (Fsp3) is 0.450. The van der Waals surface area contributed by atoms with E-state index < -0.39 is 0 Å². The molecule has 5 nitrogen and oxygen atoms in total. The molecule has 0 N–H and O–H groups in total. The highest BCUT2D eigenvalue weighted by Gasteiger charge is 2.24. The van der Waals surface area contributed by atoms with Crippen molar-refractivity contribution >= 4 is 47.0 Å². The Morgan fingerprint density at radius 3 is 2.63 bits per heavy atom. The van der Waals surface area contributed by atoms with E-state index in [1.165, 1.54) is 14.0 Å². The summed E-state index contributed by atoms with van der Waals surface area (Å²) in [6, 6.07) is 5.74. The number of methoxy groups -OCH3 is 1. The molecule has 7 heteroatoms. The third-order valence-corrected chi connectivity index (χ3v) is 5.64. The van der Waals surface area contributed by atoms with Crippen molar-refractivity contribution in [2.75, 3.05) is 26.0 Å². The molecular weight excluding hydrogens is 382 g/mol. The van der Waals surface area contributed by atoms with Crippen LogP contribution in [0.3, 0.4) is 0 Å². The van der Waals surface area contributed by atoms with Gasteiger partial charge in [-0.05, 0) is 29.2 Å². The molecule has 1 saturated heterocycles. The second-order valence-electron chi connectivity index (χ2n) is 7.26. The zero-order chi connectivity index (χ0) is 20.2. The first-order valence-corrected chi connectivity index (χ1v) is 10.0. The van der Waals surface area contributed by atoms with Gasteiger partial charge in [0.1, 0.15) is 17.3 Å². The minimum absolute atomic E-state index is 0.159. The van der Waals surface area contributed by atoms with E-state index in [0.717, 1.165) is 21.8 Å². The van der Waals surface area contributed by atoms with Gasteiger partial charge in [-0.1, -0.05) is 39.1 Å². The number of rotatable bonds is 4. The highest BCUT2D eigenvalue weighted by Crippen LogP contribution is 2.34. The van der Waals surface area contributed by atoms with Gasteiger partial charge in [0.2, 0.25) is 0 Å². The van der Waals surface area contributed by atoms with Gasteiger partial charge in [-0.3, -0.25) is 9.59 Å². The number of carbonyl (C=O) groups is 2. The second kappa shape index (κ2) is 8.89. The maximum atomic E-state index is 11.6. The summed E-state index contributed by atoms with van der Waals surface area (Å²) < 4.78 is 10.1. The lowest BCUT2D eigenvalue weighted by Crippen LogP contribution is -2.39. The Bertz CT molecular complexity index is 781. The molecule has 1 aromatic rings. The van der Waals surface area contributed by atoms with Crippen LogP contribution in [-0.2, 0) is 19.7 Å². The van der Waals surface area contributed by atoms with Crippen molar-refractivity contribution in [2.24, 2.45) is 0 Å². The molecule has 0 aromatic heterocycles. The molecule has 0 bridgehead atoms. The maximum absolute atomic E-state index is 11.6. The molecule has 0 unspecified atom stereocenters. The Labute approximate surface area is 170 Å². The Balaban J connectivity index is 2.33. The summed E-state index contributed by atoms with van der Waals surface area (Å²) in [6.07, 6.45) is 2.02. The van der Waals surface area contributed by atoms with Gasteiger partial charge in [0.25, 0.3) is 0 Å². The zero-order valence-electron chi connectivity index (χ0n) is 16.3. The van der Waals surface area contributed by atoms with Crippen molar-refractivity contribution in [1.29, 1.82) is 0 Å². The molecule has 1 aliphatic rings. The number of thiocarbonyl (C=S) groups is 1. The van der Waals surface area contributed by atoms with E-state index in [-0.39, 0.29) is 23.9 Å². The predicted molar refractivity (Wildman–Crippen MR) is 113 cm³/mol. The number of hydrogen-bond donors (Lipinski definition) is 0. The minimum atomic E-state index is -0.339. The average molecular weight is 408 g/mol. The Morgan fingerprint density at radius 1 is 1.33 bits per heavy atom. The average Bonchev–Trinajstić information content (AvgIpc) is 2.58. The van der Waals surface area contributed by atoms with Gasteiger partial charge in [0.15, 0.2) is 0 Å². The number of carbonyl (C=O) groups excluding carboxylic acids is 2. The van der Waals surface area contributed by atoms with Gasteiger partial charge < -0.3 is 14.4 Å². The normalized spacial score (nSPS) is 16.4. The monoisotopic (exact) mass is 407 g/mol. The molecule has 0 amide bonds. The van der Waals surface area contributed by atoms with E-state index in [4.69, 9.17) is 21.7 Å². The SMILES string of the molecule is COC(=O)CN1CCS/C(=C\c2ccc(OC(C)=O)c(C(C)(C)C)c2)C1=S. The van der Waals surface area contributed by atoms with Crippen molar-refractivity contribution < 1.29 is 19.1 Å². The molecule has 1 heterocycles. The first-order valence-electron chi connectivity index (χ1n) is 8.65. The number of thioether (sulfide) groups is 1.